The van der Waals surface area contributed by atoms with E-state index in [1.807, 2.05) is 41.2 Å². The van der Waals surface area contributed by atoms with Crippen molar-refractivity contribution in [3.8, 4) is 22.8 Å². The standard InChI is InChI=1S/C26H29N3O4/c1-2-3-4-5-6-10-13-29-17-20(27-28-29)18-32-21-14-22(30)26-23(31)16-24(33-25(26)15-21)19-11-8-7-9-12-19/h7-9,11-12,14-17,30H,2-6,10,13,18H2,1H3. The number of unbranched alkanes of at least 4 members (excludes halogenated alkanes) is 5. The van der Waals surface area contributed by atoms with Gasteiger partial charge in [-0.25, -0.2) is 0 Å². The van der Waals surface area contributed by atoms with Gasteiger partial charge in [-0.2, -0.15) is 0 Å². The Kier molecular flexibility index (Phi) is 7.40. The Hall–Kier alpha value is -3.61. The van der Waals surface area contributed by atoms with Crippen LogP contribution < -0.4 is 10.2 Å². The van der Waals surface area contributed by atoms with Gasteiger partial charge in [0.15, 0.2) is 5.43 Å². The molecule has 2 aromatic heterocycles. The summed E-state index contributed by atoms with van der Waals surface area (Å²) in [6.45, 7) is 3.25. The van der Waals surface area contributed by atoms with Gasteiger partial charge in [0.05, 0.1) is 6.20 Å². The number of aromatic nitrogens is 3. The maximum atomic E-state index is 12.6. The zero-order chi connectivity index (χ0) is 23.0. The smallest absolute Gasteiger partial charge is 0.197 e. The number of fused-ring (bicyclic) bond motifs is 1. The summed E-state index contributed by atoms with van der Waals surface area (Å²) in [4.78, 5) is 12.6. The number of hydrogen-bond donors (Lipinski definition) is 1. The summed E-state index contributed by atoms with van der Waals surface area (Å²) in [5.41, 5.74) is 1.43. The predicted octanol–water partition coefficient (Wildman–Crippen LogP) is 5.70. The Balaban J connectivity index is 1.42. The molecule has 0 saturated carbocycles. The molecule has 2 aromatic carbocycles. The highest BCUT2D eigenvalue weighted by Gasteiger charge is 2.13. The molecule has 0 unspecified atom stereocenters. The van der Waals surface area contributed by atoms with Gasteiger partial charge in [-0.3, -0.25) is 9.48 Å². The van der Waals surface area contributed by atoms with Gasteiger partial charge in [0.2, 0.25) is 0 Å². The van der Waals surface area contributed by atoms with E-state index >= 15 is 0 Å². The lowest BCUT2D eigenvalue weighted by Crippen LogP contribution is -2.02. The number of benzene rings is 2. The van der Waals surface area contributed by atoms with Crippen molar-refractivity contribution in [2.75, 3.05) is 0 Å². The van der Waals surface area contributed by atoms with Crippen LogP contribution in [-0.2, 0) is 13.2 Å². The summed E-state index contributed by atoms with van der Waals surface area (Å²) in [5, 5.41) is 18.9. The Morgan fingerprint density at radius 2 is 1.82 bits per heavy atom. The monoisotopic (exact) mass is 447 g/mol. The first-order valence-electron chi connectivity index (χ1n) is 11.5. The molecule has 2 heterocycles. The summed E-state index contributed by atoms with van der Waals surface area (Å²) < 4.78 is 13.6. The van der Waals surface area contributed by atoms with Crippen molar-refractivity contribution in [1.29, 1.82) is 0 Å². The van der Waals surface area contributed by atoms with Crippen molar-refractivity contribution in [3.05, 3.63) is 70.6 Å². The SMILES string of the molecule is CCCCCCCCn1cc(COc2cc(O)c3c(=O)cc(-c4ccccc4)oc3c2)nn1. The Morgan fingerprint density at radius 3 is 2.64 bits per heavy atom. The van der Waals surface area contributed by atoms with Crippen LogP contribution in [0.3, 0.4) is 0 Å². The Bertz CT molecular complexity index is 1250. The van der Waals surface area contributed by atoms with E-state index in [0.717, 1.165) is 18.5 Å². The molecule has 0 aliphatic heterocycles. The molecule has 0 spiro atoms. The highest BCUT2D eigenvalue weighted by atomic mass is 16.5. The molecule has 0 radical (unpaired) electrons. The third-order valence-corrected chi connectivity index (χ3v) is 5.56. The van der Waals surface area contributed by atoms with Crippen LogP contribution in [-0.4, -0.2) is 20.1 Å². The van der Waals surface area contributed by atoms with Gasteiger partial charge < -0.3 is 14.3 Å². The van der Waals surface area contributed by atoms with Crippen LogP contribution in [0.15, 0.2) is 63.9 Å². The van der Waals surface area contributed by atoms with Crippen LogP contribution in [0.2, 0.25) is 0 Å². The van der Waals surface area contributed by atoms with E-state index in [1.165, 1.54) is 44.2 Å². The molecule has 0 saturated heterocycles. The van der Waals surface area contributed by atoms with E-state index in [0.29, 0.717) is 17.2 Å². The molecule has 0 atom stereocenters. The molecular formula is C26H29N3O4. The third-order valence-electron chi connectivity index (χ3n) is 5.56. The van der Waals surface area contributed by atoms with E-state index < -0.39 is 0 Å². The largest absolute Gasteiger partial charge is 0.507 e. The molecule has 0 amide bonds. The van der Waals surface area contributed by atoms with Crippen LogP contribution in [0.1, 0.15) is 51.1 Å². The number of aryl methyl sites for hydroxylation is 1. The average molecular weight is 448 g/mol. The number of nitrogens with zero attached hydrogens (tertiary/aromatic N) is 3. The number of phenols is 1. The maximum absolute atomic E-state index is 12.6. The molecule has 0 aliphatic rings. The first kappa shape index (κ1) is 22.6. The van der Waals surface area contributed by atoms with Crippen molar-refractivity contribution in [2.45, 2.75) is 58.6 Å². The number of aromatic hydroxyl groups is 1. The number of phenolic OH excluding ortho intramolecular Hbond substituents is 1. The second kappa shape index (κ2) is 10.8. The lowest BCUT2D eigenvalue weighted by molar-refractivity contribution is 0.299. The van der Waals surface area contributed by atoms with Crippen LogP contribution in [0.25, 0.3) is 22.3 Å². The molecular weight excluding hydrogens is 418 g/mol. The summed E-state index contributed by atoms with van der Waals surface area (Å²) in [7, 11) is 0. The molecule has 0 fully saturated rings. The highest BCUT2D eigenvalue weighted by molar-refractivity contribution is 5.86. The van der Waals surface area contributed by atoms with Crippen molar-refractivity contribution < 1.29 is 14.3 Å². The molecule has 0 bridgehead atoms. The van der Waals surface area contributed by atoms with E-state index in [2.05, 4.69) is 17.2 Å². The van der Waals surface area contributed by atoms with Crippen LogP contribution in [0.4, 0.5) is 0 Å². The van der Waals surface area contributed by atoms with Gasteiger partial charge in [0.25, 0.3) is 0 Å². The second-order valence-electron chi connectivity index (χ2n) is 8.19. The van der Waals surface area contributed by atoms with Gasteiger partial charge in [-0.1, -0.05) is 74.6 Å². The summed E-state index contributed by atoms with van der Waals surface area (Å²) in [6, 6.07) is 13.8. The molecule has 0 aliphatic carbocycles. The van der Waals surface area contributed by atoms with Crippen LogP contribution >= 0.6 is 0 Å². The molecule has 7 nitrogen and oxygen atoms in total. The summed E-state index contributed by atoms with van der Waals surface area (Å²) >= 11 is 0. The predicted molar refractivity (Wildman–Crippen MR) is 127 cm³/mol. The first-order valence-corrected chi connectivity index (χ1v) is 11.5. The van der Waals surface area contributed by atoms with Crippen LogP contribution in [0.5, 0.6) is 11.5 Å². The number of rotatable bonds is 11. The minimum Gasteiger partial charge on any atom is -0.507 e. The Morgan fingerprint density at radius 1 is 1.03 bits per heavy atom. The third kappa shape index (κ3) is 5.80. The van der Waals surface area contributed by atoms with Gasteiger partial charge in [-0.15, -0.1) is 5.10 Å². The van der Waals surface area contributed by atoms with Gasteiger partial charge in [0.1, 0.15) is 40.5 Å². The lowest BCUT2D eigenvalue weighted by Gasteiger charge is -2.08. The van der Waals surface area contributed by atoms with E-state index in [9.17, 15) is 9.90 Å². The van der Waals surface area contributed by atoms with Gasteiger partial charge in [-0.05, 0) is 6.42 Å². The van der Waals surface area contributed by atoms with E-state index in [1.54, 1.807) is 6.07 Å². The van der Waals surface area contributed by atoms with Gasteiger partial charge >= 0.3 is 0 Å². The topological polar surface area (TPSA) is 90.4 Å². The van der Waals surface area contributed by atoms with Crippen molar-refractivity contribution in [3.63, 3.8) is 0 Å². The second-order valence-corrected chi connectivity index (χ2v) is 8.19. The molecule has 7 heteroatoms. The minimum absolute atomic E-state index is 0.131. The zero-order valence-electron chi connectivity index (χ0n) is 18.9. The molecule has 4 rings (SSSR count). The molecule has 33 heavy (non-hydrogen) atoms. The molecule has 1 N–H and O–H groups in total. The van der Waals surface area contributed by atoms with Crippen molar-refractivity contribution >= 4 is 11.0 Å². The fourth-order valence-corrected chi connectivity index (χ4v) is 3.80. The van der Waals surface area contributed by atoms with Gasteiger partial charge in [0, 0.05) is 30.3 Å². The van der Waals surface area contributed by atoms with Crippen molar-refractivity contribution in [1.82, 2.24) is 15.0 Å². The van der Waals surface area contributed by atoms with Crippen molar-refractivity contribution in [2.24, 2.45) is 0 Å². The van der Waals surface area contributed by atoms with E-state index in [4.69, 9.17) is 9.15 Å². The zero-order valence-corrected chi connectivity index (χ0v) is 18.9. The van der Waals surface area contributed by atoms with Crippen LogP contribution in [0, 0.1) is 0 Å². The quantitative estimate of drug-likeness (QED) is 0.297. The lowest BCUT2D eigenvalue weighted by atomic mass is 10.1. The molecule has 4 aromatic rings. The van der Waals surface area contributed by atoms with E-state index in [-0.39, 0.29) is 28.8 Å². The normalized spacial score (nSPS) is 11.2. The fourth-order valence-electron chi connectivity index (χ4n) is 3.80. The highest BCUT2D eigenvalue weighted by Crippen LogP contribution is 2.31. The average Bonchev–Trinajstić information content (AvgIpc) is 3.28. The fraction of sp³-hybridized carbons (Fsp3) is 0.346. The molecule has 172 valence electrons. The number of ether oxygens (including phenoxy) is 1. The summed E-state index contributed by atoms with van der Waals surface area (Å²) in [6.07, 6.45) is 9.24. The maximum Gasteiger partial charge on any atom is 0.197 e. The summed E-state index contributed by atoms with van der Waals surface area (Å²) in [5.74, 6) is 0.642. The Labute approximate surface area is 192 Å². The first-order chi connectivity index (χ1) is 16.1. The number of hydrogen-bond acceptors (Lipinski definition) is 6. The minimum atomic E-state index is -0.309.